The normalized spacial score (nSPS) is 18.3. The van der Waals surface area contributed by atoms with E-state index < -0.39 is 0 Å². The summed E-state index contributed by atoms with van der Waals surface area (Å²) in [4.78, 5) is 0. The number of benzene rings is 1. The van der Waals surface area contributed by atoms with Crippen LogP contribution in [0.15, 0.2) is 18.2 Å². The molecule has 1 heterocycles. The summed E-state index contributed by atoms with van der Waals surface area (Å²) in [6, 6.07) is 6.03. The maximum Gasteiger partial charge on any atom is 0.141 e. The topological polar surface area (TPSA) is 44.5 Å². The number of nitrogens with two attached hydrogens (primary N) is 1. The Kier molecular flexibility index (Phi) is 5.49. The number of rotatable bonds is 5. The minimum atomic E-state index is 0.149. The molecular weight excluding hydrogens is 262 g/mol. The number of para-hydroxylation sites is 1. The number of hydrogen-bond donors (Lipinski definition) is 1. The zero-order chi connectivity index (χ0) is 13.7. The monoisotopic (exact) mass is 283 g/mol. The van der Waals surface area contributed by atoms with E-state index in [0.717, 1.165) is 50.2 Å². The molecule has 2 rings (SSSR count). The van der Waals surface area contributed by atoms with Crippen LogP contribution in [0.3, 0.4) is 0 Å². The minimum Gasteiger partial charge on any atom is -0.488 e. The molecule has 106 valence electrons. The van der Waals surface area contributed by atoms with Gasteiger partial charge in [0.1, 0.15) is 11.9 Å². The Morgan fingerprint density at radius 2 is 2.16 bits per heavy atom. The molecule has 0 amide bonds. The van der Waals surface area contributed by atoms with Crippen molar-refractivity contribution in [2.75, 3.05) is 13.2 Å². The van der Waals surface area contributed by atoms with Crippen LogP contribution in [0.2, 0.25) is 5.02 Å². The Balaban J connectivity index is 2.12. The van der Waals surface area contributed by atoms with Gasteiger partial charge in [0.25, 0.3) is 0 Å². The van der Waals surface area contributed by atoms with Gasteiger partial charge < -0.3 is 15.2 Å². The highest BCUT2D eigenvalue weighted by molar-refractivity contribution is 6.32. The Morgan fingerprint density at radius 1 is 1.42 bits per heavy atom. The zero-order valence-corrected chi connectivity index (χ0v) is 12.2. The molecule has 1 unspecified atom stereocenters. The minimum absolute atomic E-state index is 0.149. The number of hydrogen-bond acceptors (Lipinski definition) is 3. The summed E-state index contributed by atoms with van der Waals surface area (Å²) < 4.78 is 11.4. The van der Waals surface area contributed by atoms with Crippen molar-refractivity contribution in [1.29, 1.82) is 0 Å². The summed E-state index contributed by atoms with van der Waals surface area (Å²) in [5, 5.41) is 0.673. The molecule has 4 heteroatoms. The van der Waals surface area contributed by atoms with Gasteiger partial charge in [-0.25, -0.2) is 0 Å². The molecular formula is C15H22ClNO2. The predicted molar refractivity (Wildman–Crippen MR) is 77.9 cm³/mol. The van der Waals surface area contributed by atoms with E-state index in [1.165, 1.54) is 0 Å². The van der Waals surface area contributed by atoms with Gasteiger partial charge in [-0.05, 0) is 24.5 Å². The first-order valence-corrected chi connectivity index (χ1v) is 7.36. The Bertz CT molecular complexity index is 405. The van der Waals surface area contributed by atoms with Gasteiger partial charge in [-0.2, -0.15) is 0 Å². The van der Waals surface area contributed by atoms with Crippen molar-refractivity contribution in [1.82, 2.24) is 0 Å². The zero-order valence-electron chi connectivity index (χ0n) is 11.4. The summed E-state index contributed by atoms with van der Waals surface area (Å²) >= 11 is 6.28. The Morgan fingerprint density at radius 3 is 2.84 bits per heavy atom. The molecule has 1 fully saturated rings. The van der Waals surface area contributed by atoms with Crippen LogP contribution in [0, 0.1) is 0 Å². The maximum absolute atomic E-state index is 6.28. The summed E-state index contributed by atoms with van der Waals surface area (Å²) in [7, 11) is 0. The Labute approximate surface area is 120 Å². The fraction of sp³-hybridized carbons (Fsp3) is 0.600. The van der Waals surface area contributed by atoms with Gasteiger partial charge in [0.2, 0.25) is 0 Å². The van der Waals surface area contributed by atoms with Gasteiger partial charge in [-0.15, -0.1) is 0 Å². The molecule has 1 atom stereocenters. The second-order valence-electron chi connectivity index (χ2n) is 5.03. The van der Waals surface area contributed by atoms with Crippen molar-refractivity contribution in [3.05, 3.63) is 28.8 Å². The standard InChI is InChI=1S/C15H22ClNO2/c1-2-12(17)10-11-4-3-5-14(16)15(11)19-13-6-8-18-9-7-13/h3-5,12-13H,2,6-10,17H2,1H3. The average Bonchev–Trinajstić information content (AvgIpc) is 2.43. The van der Waals surface area contributed by atoms with Crippen LogP contribution >= 0.6 is 11.6 Å². The molecule has 1 aliphatic rings. The maximum atomic E-state index is 6.28. The van der Waals surface area contributed by atoms with Crippen LogP contribution < -0.4 is 10.5 Å². The van der Waals surface area contributed by atoms with Gasteiger partial charge in [0, 0.05) is 18.9 Å². The van der Waals surface area contributed by atoms with Gasteiger partial charge >= 0.3 is 0 Å². The van der Waals surface area contributed by atoms with E-state index in [1.807, 2.05) is 12.1 Å². The second-order valence-corrected chi connectivity index (χ2v) is 5.44. The highest BCUT2D eigenvalue weighted by atomic mass is 35.5. The SMILES string of the molecule is CCC(N)Cc1cccc(Cl)c1OC1CCOCC1. The molecule has 2 N–H and O–H groups in total. The quantitative estimate of drug-likeness (QED) is 0.903. The first kappa shape index (κ1) is 14.6. The van der Waals surface area contributed by atoms with Crippen molar-refractivity contribution in [2.45, 2.75) is 44.8 Å². The van der Waals surface area contributed by atoms with Crippen molar-refractivity contribution in [3.8, 4) is 5.75 Å². The van der Waals surface area contributed by atoms with Gasteiger partial charge in [-0.3, -0.25) is 0 Å². The molecule has 0 radical (unpaired) electrons. The summed E-state index contributed by atoms with van der Waals surface area (Å²) in [5.74, 6) is 0.806. The van der Waals surface area contributed by atoms with E-state index in [9.17, 15) is 0 Å². The lowest BCUT2D eigenvalue weighted by Gasteiger charge is -2.25. The largest absolute Gasteiger partial charge is 0.488 e. The van der Waals surface area contributed by atoms with Crippen molar-refractivity contribution in [3.63, 3.8) is 0 Å². The lowest BCUT2D eigenvalue weighted by atomic mass is 10.0. The van der Waals surface area contributed by atoms with E-state index in [2.05, 4.69) is 13.0 Å². The molecule has 0 bridgehead atoms. The first-order chi connectivity index (χ1) is 9.20. The molecule has 1 aliphatic heterocycles. The third kappa shape index (κ3) is 4.10. The number of halogens is 1. The Hall–Kier alpha value is -0.770. The van der Waals surface area contributed by atoms with Gasteiger partial charge in [0.15, 0.2) is 0 Å². The van der Waals surface area contributed by atoms with Crippen LogP contribution in [0.25, 0.3) is 0 Å². The fourth-order valence-electron chi connectivity index (χ4n) is 2.23. The van der Waals surface area contributed by atoms with E-state index >= 15 is 0 Å². The molecule has 1 aromatic rings. The molecule has 0 spiro atoms. The van der Waals surface area contributed by atoms with Crippen LogP contribution in [0.4, 0.5) is 0 Å². The van der Waals surface area contributed by atoms with Crippen LogP contribution in [0.5, 0.6) is 5.75 Å². The van der Waals surface area contributed by atoms with E-state index in [-0.39, 0.29) is 12.1 Å². The molecule has 0 saturated carbocycles. The van der Waals surface area contributed by atoms with E-state index in [1.54, 1.807) is 0 Å². The smallest absolute Gasteiger partial charge is 0.141 e. The van der Waals surface area contributed by atoms with Crippen molar-refractivity contribution in [2.24, 2.45) is 5.73 Å². The second kappa shape index (κ2) is 7.13. The lowest BCUT2D eigenvalue weighted by Crippen LogP contribution is -2.27. The van der Waals surface area contributed by atoms with Crippen molar-refractivity contribution >= 4 is 11.6 Å². The molecule has 1 aromatic carbocycles. The van der Waals surface area contributed by atoms with Crippen LogP contribution in [-0.4, -0.2) is 25.4 Å². The third-order valence-corrected chi connectivity index (χ3v) is 3.81. The molecule has 0 aromatic heterocycles. The number of ether oxygens (including phenoxy) is 2. The highest BCUT2D eigenvalue weighted by Crippen LogP contribution is 2.32. The molecule has 3 nitrogen and oxygen atoms in total. The van der Waals surface area contributed by atoms with E-state index in [0.29, 0.717) is 5.02 Å². The van der Waals surface area contributed by atoms with E-state index in [4.69, 9.17) is 26.8 Å². The summed E-state index contributed by atoms with van der Waals surface area (Å²) in [5.41, 5.74) is 7.14. The van der Waals surface area contributed by atoms with Crippen molar-refractivity contribution < 1.29 is 9.47 Å². The van der Waals surface area contributed by atoms with Gasteiger partial charge in [-0.1, -0.05) is 30.7 Å². The summed E-state index contributed by atoms with van der Waals surface area (Å²) in [6.07, 6.45) is 3.79. The van der Waals surface area contributed by atoms with Crippen LogP contribution in [-0.2, 0) is 11.2 Å². The lowest BCUT2D eigenvalue weighted by molar-refractivity contribution is 0.0252. The average molecular weight is 284 g/mol. The molecule has 1 saturated heterocycles. The fourth-order valence-corrected chi connectivity index (χ4v) is 2.47. The first-order valence-electron chi connectivity index (χ1n) is 6.98. The van der Waals surface area contributed by atoms with Crippen LogP contribution in [0.1, 0.15) is 31.7 Å². The molecule has 0 aliphatic carbocycles. The third-order valence-electron chi connectivity index (χ3n) is 3.51. The summed E-state index contributed by atoms with van der Waals surface area (Å²) in [6.45, 7) is 3.62. The highest BCUT2D eigenvalue weighted by Gasteiger charge is 2.19. The van der Waals surface area contributed by atoms with Gasteiger partial charge in [0.05, 0.1) is 18.2 Å². The predicted octanol–water partition coefficient (Wildman–Crippen LogP) is 3.18. The molecule has 19 heavy (non-hydrogen) atoms.